The minimum atomic E-state index is -4.71. The minimum absolute atomic E-state index is 0.0972. The molecule has 160 valence electrons. The predicted molar refractivity (Wildman–Crippen MR) is 105 cm³/mol. The third-order valence-corrected chi connectivity index (χ3v) is 4.91. The molecule has 0 amide bonds. The molecule has 0 aliphatic carbocycles. The van der Waals surface area contributed by atoms with Gasteiger partial charge in [-0.1, -0.05) is 38.1 Å². The number of hydrogen-bond acceptors (Lipinski definition) is 4. The van der Waals surface area contributed by atoms with Gasteiger partial charge in [0.1, 0.15) is 30.8 Å². The molecule has 0 aliphatic rings. The van der Waals surface area contributed by atoms with Gasteiger partial charge in [-0.15, -0.1) is 11.6 Å². The molecule has 0 fully saturated rings. The first-order valence-corrected chi connectivity index (χ1v) is 9.53. The molecular weight excluding hydrogens is 409 g/mol. The van der Waals surface area contributed by atoms with E-state index in [-0.39, 0.29) is 23.7 Å². The van der Waals surface area contributed by atoms with Gasteiger partial charge < -0.3 is 19.7 Å². The fourth-order valence-electron chi connectivity index (χ4n) is 2.61. The van der Waals surface area contributed by atoms with Crippen molar-refractivity contribution in [2.75, 3.05) is 19.1 Å². The summed E-state index contributed by atoms with van der Waals surface area (Å²) in [6.45, 7) is 3.29. The molecule has 0 unspecified atom stereocenters. The lowest BCUT2D eigenvalue weighted by molar-refractivity contribution is -0.210. The van der Waals surface area contributed by atoms with Crippen molar-refractivity contribution in [3.63, 3.8) is 0 Å². The molecule has 29 heavy (non-hydrogen) atoms. The lowest BCUT2D eigenvalue weighted by Gasteiger charge is -2.26. The molecule has 2 aromatic rings. The zero-order valence-electron chi connectivity index (χ0n) is 16.1. The van der Waals surface area contributed by atoms with Crippen LogP contribution in [0.5, 0.6) is 11.5 Å². The number of aliphatic hydroxyl groups excluding tert-OH is 2. The van der Waals surface area contributed by atoms with E-state index in [0.717, 1.165) is 11.1 Å². The van der Waals surface area contributed by atoms with Gasteiger partial charge >= 0.3 is 6.18 Å². The Balaban J connectivity index is 2.03. The fourth-order valence-corrected chi connectivity index (χ4v) is 2.70. The molecule has 0 aliphatic heterocycles. The van der Waals surface area contributed by atoms with Crippen molar-refractivity contribution in [1.82, 2.24) is 0 Å². The normalized spacial score (nSPS) is 14.3. The van der Waals surface area contributed by atoms with Crippen LogP contribution < -0.4 is 9.47 Å². The Kier molecular flexibility index (Phi) is 7.80. The van der Waals surface area contributed by atoms with Gasteiger partial charge in [0.15, 0.2) is 6.10 Å². The highest BCUT2D eigenvalue weighted by Gasteiger charge is 2.38. The number of rotatable bonds is 9. The Morgan fingerprint density at radius 1 is 0.828 bits per heavy atom. The van der Waals surface area contributed by atoms with E-state index in [1.165, 1.54) is 0 Å². The summed E-state index contributed by atoms with van der Waals surface area (Å²) in [7, 11) is 0. The van der Waals surface area contributed by atoms with E-state index in [1.807, 2.05) is 26.0 Å². The van der Waals surface area contributed by atoms with Crippen LogP contribution in [0.25, 0.3) is 0 Å². The maximum Gasteiger partial charge on any atom is 0.417 e. The van der Waals surface area contributed by atoms with Crippen molar-refractivity contribution in [3.8, 4) is 11.5 Å². The highest BCUT2D eigenvalue weighted by atomic mass is 35.5. The van der Waals surface area contributed by atoms with Crippen LogP contribution >= 0.6 is 11.6 Å². The summed E-state index contributed by atoms with van der Waals surface area (Å²) < 4.78 is 47.5. The number of ether oxygens (including phenoxy) is 2. The summed E-state index contributed by atoms with van der Waals surface area (Å²) in [5, 5.41) is 18.4. The Bertz CT molecular complexity index is 761. The average molecular weight is 433 g/mol. The van der Waals surface area contributed by atoms with Gasteiger partial charge in [0.05, 0.1) is 5.88 Å². The highest BCUT2D eigenvalue weighted by Crippen LogP contribution is 2.33. The standard InChI is InChI=1S/C21H24ClF3O4/c1-20(2,14-3-7-17(8-4-14)28-12-16(26)11-22)15-5-9-18(10-6-15)29-13-19(27)21(23,24)25/h3-10,16,19,26-27H,11-13H2,1-2H3/t16-,19-/m1/s1. The lowest BCUT2D eigenvalue weighted by atomic mass is 9.78. The molecule has 0 aromatic heterocycles. The van der Waals surface area contributed by atoms with Gasteiger partial charge in [0.25, 0.3) is 0 Å². The van der Waals surface area contributed by atoms with Crippen molar-refractivity contribution in [2.45, 2.75) is 37.6 Å². The molecule has 0 saturated carbocycles. The van der Waals surface area contributed by atoms with Gasteiger partial charge in [-0.2, -0.15) is 13.2 Å². The second-order valence-electron chi connectivity index (χ2n) is 7.16. The van der Waals surface area contributed by atoms with Crippen LogP contribution in [0, 0.1) is 0 Å². The fraction of sp³-hybridized carbons (Fsp3) is 0.429. The van der Waals surface area contributed by atoms with Gasteiger partial charge in [-0.25, -0.2) is 0 Å². The summed E-state index contributed by atoms with van der Waals surface area (Å²) in [6, 6.07) is 14.1. The van der Waals surface area contributed by atoms with Crippen LogP contribution in [0.4, 0.5) is 13.2 Å². The molecule has 0 heterocycles. The first kappa shape index (κ1) is 23.3. The molecule has 2 aromatic carbocycles. The number of halogens is 4. The monoisotopic (exact) mass is 432 g/mol. The van der Waals surface area contributed by atoms with Crippen molar-refractivity contribution in [3.05, 3.63) is 59.7 Å². The predicted octanol–water partition coefficient (Wildman–Crippen LogP) is 4.29. The topological polar surface area (TPSA) is 58.9 Å². The molecule has 2 rings (SSSR count). The Labute approximate surface area is 172 Å². The zero-order valence-corrected chi connectivity index (χ0v) is 16.9. The molecule has 2 N–H and O–H groups in total. The molecule has 8 heteroatoms. The Hall–Kier alpha value is -1.96. The van der Waals surface area contributed by atoms with Gasteiger partial charge in [-0.3, -0.25) is 0 Å². The van der Waals surface area contributed by atoms with Crippen LogP contribution in [0.1, 0.15) is 25.0 Å². The Morgan fingerprint density at radius 2 is 1.24 bits per heavy atom. The van der Waals surface area contributed by atoms with Crippen LogP contribution in [-0.2, 0) is 5.41 Å². The number of benzene rings is 2. The summed E-state index contributed by atoms with van der Waals surface area (Å²) in [4.78, 5) is 0. The molecule has 0 saturated heterocycles. The van der Waals surface area contributed by atoms with E-state index in [0.29, 0.717) is 5.75 Å². The van der Waals surface area contributed by atoms with Gasteiger partial charge in [0.2, 0.25) is 0 Å². The smallest absolute Gasteiger partial charge is 0.417 e. The summed E-state index contributed by atoms with van der Waals surface area (Å²) in [6.07, 6.45) is -7.96. The SMILES string of the molecule is CC(C)(c1ccc(OC[C@H](O)CCl)cc1)c1ccc(OC[C@@H](O)C(F)(F)F)cc1. The van der Waals surface area contributed by atoms with E-state index in [1.54, 1.807) is 36.4 Å². The summed E-state index contributed by atoms with van der Waals surface area (Å²) >= 11 is 5.54. The van der Waals surface area contributed by atoms with Crippen molar-refractivity contribution in [2.24, 2.45) is 0 Å². The first-order valence-electron chi connectivity index (χ1n) is 8.99. The summed E-state index contributed by atoms with van der Waals surface area (Å²) in [5.74, 6) is 0.954. The lowest BCUT2D eigenvalue weighted by Crippen LogP contribution is -2.34. The van der Waals surface area contributed by atoms with Crippen LogP contribution in [-0.4, -0.2) is 47.7 Å². The van der Waals surface area contributed by atoms with Gasteiger partial charge in [-0.05, 0) is 35.4 Å². The van der Waals surface area contributed by atoms with Crippen LogP contribution in [0.15, 0.2) is 48.5 Å². The quantitative estimate of drug-likeness (QED) is 0.580. The molecule has 4 nitrogen and oxygen atoms in total. The van der Waals surface area contributed by atoms with Crippen LogP contribution in [0.3, 0.4) is 0 Å². The van der Waals surface area contributed by atoms with Crippen molar-refractivity contribution >= 4 is 11.6 Å². The minimum Gasteiger partial charge on any atom is -0.491 e. The molecule has 0 bridgehead atoms. The molecule has 2 atom stereocenters. The Morgan fingerprint density at radius 3 is 1.62 bits per heavy atom. The molecule has 0 spiro atoms. The molecular formula is C21H24ClF3O4. The number of hydrogen-bond donors (Lipinski definition) is 2. The maximum atomic E-state index is 12.3. The maximum absolute atomic E-state index is 12.3. The third-order valence-electron chi connectivity index (χ3n) is 4.56. The van der Waals surface area contributed by atoms with E-state index < -0.39 is 25.0 Å². The van der Waals surface area contributed by atoms with E-state index in [4.69, 9.17) is 26.2 Å². The first-order chi connectivity index (χ1) is 13.5. The third kappa shape index (κ3) is 6.52. The second-order valence-corrected chi connectivity index (χ2v) is 7.47. The van der Waals surface area contributed by atoms with Crippen molar-refractivity contribution < 1.29 is 32.9 Å². The van der Waals surface area contributed by atoms with E-state index in [9.17, 15) is 18.3 Å². The zero-order chi connectivity index (χ0) is 21.7. The number of alkyl halides is 4. The average Bonchev–Trinajstić information content (AvgIpc) is 2.70. The van der Waals surface area contributed by atoms with E-state index in [2.05, 4.69) is 0 Å². The second kappa shape index (κ2) is 9.69. The highest BCUT2D eigenvalue weighted by molar-refractivity contribution is 6.18. The summed E-state index contributed by atoms with van der Waals surface area (Å²) in [5.41, 5.74) is 1.56. The van der Waals surface area contributed by atoms with E-state index >= 15 is 0 Å². The van der Waals surface area contributed by atoms with Gasteiger partial charge in [0, 0.05) is 5.41 Å². The molecule has 0 radical (unpaired) electrons. The van der Waals surface area contributed by atoms with Crippen molar-refractivity contribution in [1.29, 1.82) is 0 Å². The number of aliphatic hydroxyl groups is 2. The largest absolute Gasteiger partial charge is 0.491 e. The van der Waals surface area contributed by atoms with Crippen LogP contribution in [0.2, 0.25) is 0 Å².